The van der Waals surface area contributed by atoms with Gasteiger partial charge < -0.3 is 15.0 Å². The predicted octanol–water partition coefficient (Wildman–Crippen LogP) is 3.98. The van der Waals surface area contributed by atoms with Crippen LogP contribution in [0.4, 0.5) is 5.69 Å². The van der Waals surface area contributed by atoms with Crippen molar-refractivity contribution in [3.05, 3.63) is 59.1 Å². The zero-order valence-electron chi connectivity index (χ0n) is 20.9. The predicted molar refractivity (Wildman–Crippen MR) is 142 cm³/mol. The van der Waals surface area contributed by atoms with Crippen LogP contribution >= 0.6 is 11.6 Å². The molecule has 0 aliphatic heterocycles. The first-order valence-corrected chi connectivity index (χ1v) is 14.3. The molecular formula is C26H34ClN3O5S. The average Bonchev–Trinajstić information content (AvgIpc) is 3.36. The molecule has 0 aromatic heterocycles. The number of anilines is 1. The van der Waals surface area contributed by atoms with E-state index in [9.17, 15) is 18.0 Å². The molecule has 196 valence electrons. The largest absolute Gasteiger partial charge is 0.497 e. The Morgan fingerprint density at radius 1 is 1.08 bits per heavy atom. The standard InChI is InChI=1S/C26H34ClN3O5S/c1-4-24(26(32)28-21-7-5-6-8-21)29(17-19-9-11-20(27)12-10-19)25(31)18-30(36(3,33)34)22-13-15-23(35-2)16-14-22/h9-16,21,24H,4-8,17-18H2,1-3H3,(H,28,32)/t24-/m0/s1. The molecule has 1 saturated carbocycles. The number of nitrogens with one attached hydrogen (secondary N) is 1. The lowest BCUT2D eigenvalue weighted by molar-refractivity contribution is -0.140. The molecule has 2 aromatic rings. The van der Waals surface area contributed by atoms with E-state index >= 15 is 0 Å². The monoisotopic (exact) mass is 535 g/mol. The molecule has 1 aliphatic rings. The van der Waals surface area contributed by atoms with Gasteiger partial charge in [0.25, 0.3) is 0 Å². The Morgan fingerprint density at radius 2 is 1.69 bits per heavy atom. The van der Waals surface area contributed by atoms with Crippen molar-refractivity contribution in [1.29, 1.82) is 0 Å². The summed E-state index contributed by atoms with van der Waals surface area (Å²) >= 11 is 6.03. The minimum atomic E-state index is -3.79. The molecule has 1 fully saturated rings. The number of ether oxygens (including phenoxy) is 1. The fourth-order valence-electron chi connectivity index (χ4n) is 4.44. The number of methoxy groups -OCH3 is 1. The van der Waals surface area contributed by atoms with E-state index in [4.69, 9.17) is 16.3 Å². The van der Waals surface area contributed by atoms with Gasteiger partial charge in [0.15, 0.2) is 0 Å². The zero-order valence-corrected chi connectivity index (χ0v) is 22.5. The second-order valence-corrected chi connectivity index (χ2v) is 11.4. The maximum Gasteiger partial charge on any atom is 0.244 e. The lowest BCUT2D eigenvalue weighted by atomic mass is 10.1. The molecule has 0 spiro atoms. The van der Waals surface area contributed by atoms with Crippen LogP contribution in [-0.2, 0) is 26.2 Å². The van der Waals surface area contributed by atoms with Gasteiger partial charge in [-0.3, -0.25) is 13.9 Å². The van der Waals surface area contributed by atoms with Crippen molar-refractivity contribution in [2.24, 2.45) is 0 Å². The van der Waals surface area contributed by atoms with Crippen molar-refractivity contribution in [2.75, 3.05) is 24.2 Å². The first-order chi connectivity index (χ1) is 17.1. The fraction of sp³-hybridized carbons (Fsp3) is 0.462. The Morgan fingerprint density at radius 3 is 2.22 bits per heavy atom. The number of amides is 2. The Labute approximate surface area is 218 Å². The highest BCUT2D eigenvalue weighted by atomic mass is 35.5. The van der Waals surface area contributed by atoms with Crippen LogP contribution in [0.2, 0.25) is 5.02 Å². The van der Waals surface area contributed by atoms with Gasteiger partial charge in [0.1, 0.15) is 18.3 Å². The number of rotatable bonds is 11. The molecule has 0 saturated heterocycles. The molecule has 0 bridgehead atoms. The maximum absolute atomic E-state index is 13.7. The number of halogens is 1. The summed E-state index contributed by atoms with van der Waals surface area (Å²) in [6, 6.07) is 12.8. The second kappa shape index (κ2) is 12.5. The van der Waals surface area contributed by atoms with Crippen molar-refractivity contribution >= 4 is 39.1 Å². The molecule has 0 unspecified atom stereocenters. The van der Waals surface area contributed by atoms with Gasteiger partial charge in [0, 0.05) is 17.6 Å². The topological polar surface area (TPSA) is 96.0 Å². The molecule has 0 heterocycles. The Bertz CT molecular complexity index is 1130. The summed E-state index contributed by atoms with van der Waals surface area (Å²) in [5, 5.41) is 3.65. The average molecular weight is 536 g/mol. The van der Waals surface area contributed by atoms with Crippen LogP contribution in [0, 0.1) is 0 Å². The van der Waals surface area contributed by atoms with Crippen LogP contribution in [0.3, 0.4) is 0 Å². The minimum absolute atomic E-state index is 0.103. The van der Waals surface area contributed by atoms with Crippen molar-refractivity contribution in [3.63, 3.8) is 0 Å². The molecule has 36 heavy (non-hydrogen) atoms. The number of benzene rings is 2. The second-order valence-electron chi connectivity index (χ2n) is 9.03. The van der Waals surface area contributed by atoms with E-state index in [0.717, 1.165) is 41.8 Å². The van der Waals surface area contributed by atoms with E-state index in [-0.39, 0.29) is 18.5 Å². The van der Waals surface area contributed by atoms with Gasteiger partial charge in [0.05, 0.1) is 19.1 Å². The van der Waals surface area contributed by atoms with Crippen LogP contribution in [0.1, 0.15) is 44.6 Å². The lowest BCUT2D eigenvalue weighted by Gasteiger charge is -2.33. The van der Waals surface area contributed by atoms with Crippen LogP contribution in [-0.4, -0.2) is 57.1 Å². The summed E-state index contributed by atoms with van der Waals surface area (Å²) in [6.07, 6.45) is 5.43. The SMILES string of the molecule is CC[C@@H](C(=O)NC1CCCC1)N(Cc1ccc(Cl)cc1)C(=O)CN(c1ccc(OC)cc1)S(C)(=O)=O. The Hall–Kier alpha value is -2.78. The smallest absolute Gasteiger partial charge is 0.244 e. The molecular weight excluding hydrogens is 502 g/mol. The molecule has 0 radical (unpaired) electrons. The Kier molecular flexibility index (Phi) is 9.62. The molecule has 10 heteroatoms. The van der Waals surface area contributed by atoms with E-state index in [1.807, 2.05) is 6.92 Å². The zero-order chi connectivity index (χ0) is 26.3. The van der Waals surface area contributed by atoms with Gasteiger partial charge in [-0.2, -0.15) is 0 Å². The third kappa shape index (κ3) is 7.36. The van der Waals surface area contributed by atoms with Gasteiger partial charge >= 0.3 is 0 Å². The lowest BCUT2D eigenvalue weighted by Crippen LogP contribution is -2.53. The van der Waals surface area contributed by atoms with Crippen LogP contribution in [0.15, 0.2) is 48.5 Å². The number of nitrogens with zero attached hydrogens (tertiary/aromatic N) is 2. The van der Waals surface area contributed by atoms with Crippen molar-refractivity contribution in [2.45, 2.75) is 57.7 Å². The molecule has 1 N–H and O–H groups in total. The number of sulfonamides is 1. The fourth-order valence-corrected chi connectivity index (χ4v) is 5.41. The highest BCUT2D eigenvalue weighted by molar-refractivity contribution is 7.92. The summed E-state index contributed by atoms with van der Waals surface area (Å²) in [4.78, 5) is 28.4. The molecule has 1 aliphatic carbocycles. The highest BCUT2D eigenvalue weighted by Gasteiger charge is 2.33. The van der Waals surface area contributed by atoms with E-state index in [1.54, 1.807) is 48.5 Å². The third-order valence-corrected chi connectivity index (χ3v) is 7.79. The van der Waals surface area contributed by atoms with Crippen molar-refractivity contribution in [3.8, 4) is 5.75 Å². The molecule has 2 amide bonds. The molecule has 8 nitrogen and oxygen atoms in total. The van der Waals surface area contributed by atoms with E-state index in [0.29, 0.717) is 22.9 Å². The number of hydrogen-bond acceptors (Lipinski definition) is 5. The van der Waals surface area contributed by atoms with E-state index < -0.39 is 28.5 Å². The third-order valence-electron chi connectivity index (χ3n) is 6.39. The maximum atomic E-state index is 13.7. The van der Waals surface area contributed by atoms with Gasteiger partial charge in [0.2, 0.25) is 21.8 Å². The first kappa shape index (κ1) is 27.8. The van der Waals surface area contributed by atoms with E-state index in [1.165, 1.54) is 12.0 Å². The quantitative estimate of drug-likeness (QED) is 0.469. The van der Waals surface area contributed by atoms with E-state index in [2.05, 4.69) is 5.32 Å². The van der Waals surface area contributed by atoms with Gasteiger partial charge in [-0.15, -0.1) is 0 Å². The number of carbonyl (C=O) groups excluding carboxylic acids is 2. The van der Waals surface area contributed by atoms with Crippen LogP contribution in [0.5, 0.6) is 5.75 Å². The highest BCUT2D eigenvalue weighted by Crippen LogP contribution is 2.23. The summed E-state index contributed by atoms with van der Waals surface area (Å²) < 4.78 is 31.6. The van der Waals surface area contributed by atoms with Crippen LogP contribution in [0.25, 0.3) is 0 Å². The molecule has 2 aromatic carbocycles. The molecule has 3 rings (SSSR count). The number of carbonyl (C=O) groups is 2. The summed E-state index contributed by atoms with van der Waals surface area (Å²) in [5.41, 5.74) is 1.12. The van der Waals surface area contributed by atoms with Gasteiger partial charge in [-0.05, 0) is 61.2 Å². The summed E-state index contributed by atoms with van der Waals surface area (Å²) in [5.74, 6) is -0.126. The normalized spacial score (nSPS) is 14.8. The summed E-state index contributed by atoms with van der Waals surface area (Å²) in [6.45, 7) is 1.55. The Balaban J connectivity index is 1.90. The minimum Gasteiger partial charge on any atom is -0.497 e. The molecule has 1 atom stereocenters. The summed E-state index contributed by atoms with van der Waals surface area (Å²) in [7, 11) is -2.27. The van der Waals surface area contributed by atoms with Gasteiger partial charge in [-0.1, -0.05) is 43.5 Å². The van der Waals surface area contributed by atoms with Crippen LogP contribution < -0.4 is 14.4 Å². The number of hydrogen-bond donors (Lipinski definition) is 1. The van der Waals surface area contributed by atoms with Gasteiger partial charge in [-0.25, -0.2) is 8.42 Å². The van der Waals surface area contributed by atoms with Crippen molar-refractivity contribution < 1.29 is 22.7 Å². The van der Waals surface area contributed by atoms with Crippen molar-refractivity contribution in [1.82, 2.24) is 10.2 Å². The first-order valence-electron chi connectivity index (χ1n) is 12.1.